The summed E-state index contributed by atoms with van der Waals surface area (Å²) < 4.78 is 0. The predicted molar refractivity (Wildman–Crippen MR) is 48.2 cm³/mol. The van der Waals surface area contributed by atoms with Gasteiger partial charge in [0.15, 0.2) is 0 Å². The summed E-state index contributed by atoms with van der Waals surface area (Å²) in [5.41, 5.74) is 7.48. The Bertz CT molecular complexity index is 179. The van der Waals surface area contributed by atoms with E-state index < -0.39 is 0 Å². The third-order valence-electron chi connectivity index (χ3n) is 1.21. The molecule has 0 aliphatic heterocycles. The predicted octanol–water partition coefficient (Wildman–Crippen LogP) is 1.87. The van der Waals surface area contributed by atoms with Gasteiger partial charge in [-0.05, 0) is 18.6 Å². The van der Waals surface area contributed by atoms with Crippen LogP contribution in [0.4, 0.5) is 0 Å². The van der Waals surface area contributed by atoms with Crippen molar-refractivity contribution in [3.05, 3.63) is 29.6 Å². The van der Waals surface area contributed by atoms with Crippen molar-refractivity contribution in [3.8, 4) is 0 Å². The average molecular weight is 152 g/mol. The van der Waals surface area contributed by atoms with Crippen LogP contribution in [-0.4, -0.2) is 4.98 Å². The second-order valence-electron chi connectivity index (χ2n) is 2.01. The number of hydrogen-bond donors (Lipinski definition) is 1. The van der Waals surface area contributed by atoms with Gasteiger partial charge in [-0.1, -0.05) is 19.9 Å². The number of aromatic nitrogens is 1. The number of rotatable bonds is 1. The highest BCUT2D eigenvalue weighted by Crippen LogP contribution is 1.96. The Morgan fingerprint density at radius 2 is 2.00 bits per heavy atom. The lowest BCUT2D eigenvalue weighted by Crippen LogP contribution is -1.96. The normalized spacial score (nSPS) is 8.36. The zero-order valence-corrected chi connectivity index (χ0v) is 7.46. The van der Waals surface area contributed by atoms with Gasteiger partial charge >= 0.3 is 0 Å². The van der Waals surface area contributed by atoms with Gasteiger partial charge in [0.2, 0.25) is 0 Å². The van der Waals surface area contributed by atoms with Gasteiger partial charge in [-0.25, -0.2) is 0 Å². The first-order valence-corrected chi connectivity index (χ1v) is 3.94. The number of nitrogens with two attached hydrogens (primary N) is 1. The zero-order chi connectivity index (χ0) is 8.69. The summed E-state index contributed by atoms with van der Waals surface area (Å²) in [5.74, 6) is 0. The van der Waals surface area contributed by atoms with E-state index in [-0.39, 0.29) is 0 Å². The highest BCUT2D eigenvalue weighted by atomic mass is 14.7. The van der Waals surface area contributed by atoms with Gasteiger partial charge in [0.25, 0.3) is 0 Å². The Hall–Kier alpha value is -0.890. The quantitative estimate of drug-likeness (QED) is 0.667. The lowest BCUT2D eigenvalue weighted by Gasteiger charge is -1.93. The number of aryl methyl sites for hydroxylation is 1. The van der Waals surface area contributed by atoms with E-state index >= 15 is 0 Å². The molecule has 0 unspecified atom stereocenters. The maximum atomic E-state index is 5.36. The van der Waals surface area contributed by atoms with Gasteiger partial charge < -0.3 is 5.73 Å². The van der Waals surface area contributed by atoms with Gasteiger partial charge in [0, 0.05) is 18.4 Å². The van der Waals surface area contributed by atoms with E-state index in [0.29, 0.717) is 6.54 Å². The Morgan fingerprint density at radius 1 is 1.36 bits per heavy atom. The summed E-state index contributed by atoms with van der Waals surface area (Å²) >= 11 is 0. The lowest BCUT2D eigenvalue weighted by molar-refractivity contribution is 1.03. The van der Waals surface area contributed by atoms with E-state index in [1.165, 1.54) is 0 Å². The van der Waals surface area contributed by atoms with Crippen molar-refractivity contribution < 1.29 is 0 Å². The number of nitrogens with zero attached hydrogens (tertiary/aromatic N) is 1. The molecule has 11 heavy (non-hydrogen) atoms. The molecule has 0 saturated carbocycles. The van der Waals surface area contributed by atoms with Crippen molar-refractivity contribution in [1.29, 1.82) is 0 Å². The van der Waals surface area contributed by atoms with Gasteiger partial charge in [-0.3, -0.25) is 4.98 Å². The Morgan fingerprint density at radius 3 is 2.36 bits per heavy atom. The van der Waals surface area contributed by atoms with Crippen LogP contribution < -0.4 is 5.73 Å². The maximum Gasteiger partial charge on any atom is 0.0372 e. The van der Waals surface area contributed by atoms with Crippen LogP contribution in [0.25, 0.3) is 0 Å². The second-order valence-corrected chi connectivity index (χ2v) is 2.01. The zero-order valence-electron chi connectivity index (χ0n) is 7.46. The molecule has 0 spiro atoms. The Balaban J connectivity index is 0.000000461. The molecule has 2 N–H and O–H groups in total. The van der Waals surface area contributed by atoms with Gasteiger partial charge in [-0.2, -0.15) is 0 Å². The van der Waals surface area contributed by atoms with Gasteiger partial charge in [0.1, 0.15) is 0 Å². The first-order valence-electron chi connectivity index (χ1n) is 3.94. The Labute approximate surface area is 68.5 Å². The van der Waals surface area contributed by atoms with Crippen LogP contribution in [-0.2, 0) is 6.54 Å². The van der Waals surface area contributed by atoms with Crippen molar-refractivity contribution in [1.82, 2.24) is 4.98 Å². The largest absolute Gasteiger partial charge is 0.326 e. The topological polar surface area (TPSA) is 38.9 Å². The van der Waals surface area contributed by atoms with Crippen molar-refractivity contribution in [3.63, 3.8) is 0 Å². The second kappa shape index (κ2) is 5.86. The molecule has 0 saturated heterocycles. The van der Waals surface area contributed by atoms with Crippen molar-refractivity contribution >= 4 is 0 Å². The van der Waals surface area contributed by atoms with Crippen molar-refractivity contribution in [2.24, 2.45) is 5.73 Å². The summed E-state index contributed by atoms with van der Waals surface area (Å²) in [4.78, 5) is 4.07. The van der Waals surface area contributed by atoms with E-state index in [4.69, 9.17) is 5.73 Å². The molecule has 0 fully saturated rings. The van der Waals surface area contributed by atoms with E-state index in [1.807, 2.05) is 32.9 Å². The molecule has 62 valence electrons. The fraction of sp³-hybridized carbons (Fsp3) is 0.444. The molecule has 0 aliphatic carbocycles. The van der Waals surface area contributed by atoms with E-state index in [1.54, 1.807) is 6.20 Å². The molecular weight excluding hydrogens is 136 g/mol. The molecule has 0 radical (unpaired) electrons. The standard InChI is InChI=1S/C7H10N2.C2H6/c1-6-2-3-7(4-8)5-9-6;1-2/h2-3,5H,4,8H2,1H3;1-2H3. The summed E-state index contributed by atoms with van der Waals surface area (Å²) in [6.45, 7) is 6.54. The van der Waals surface area contributed by atoms with E-state index in [9.17, 15) is 0 Å². The van der Waals surface area contributed by atoms with Crippen LogP contribution in [0.1, 0.15) is 25.1 Å². The first kappa shape index (κ1) is 10.1. The highest BCUT2D eigenvalue weighted by Gasteiger charge is 1.86. The number of hydrogen-bond acceptors (Lipinski definition) is 2. The molecule has 1 rings (SSSR count). The molecule has 1 aromatic heterocycles. The molecule has 0 atom stereocenters. The molecule has 0 bridgehead atoms. The monoisotopic (exact) mass is 152 g/mol. The summed E-state index contributed by atoms with van der Waals surface area (Å²) in [6, 6.07) is 3.95. The van der Waals surface area contributed by atoms with Crippen molar-refractivity contribution in [2.75, 3.05) is 0 Å². The molecule has 2 heteroatoms. The van der Waals surface area contributed by atoms with Gasteiger partial charge in [0.05, 0.1) is 0 Å². The molecule has 0 aliphatic rings. The summed E-state index contributed by atoms with van der Waals surface area (Å²) in [5, 5.41) is 0. The van der Waals surface area contributed by atoms with Crippen LogP contribution in [0.15, 0.2) is 18.3 Å². The summed E-state index contributed by atoms with van der Waals surface area (Å²) in [6.07, 6.45) is 1.80. The van der Waals surface area contributed by atoms with Crippen LogP contribution in [0.2, 0.25) is 0 Å². The van der Waals surface area contributed by atoms with E-state index in [0.717, 1.165) is 11.3 Å². The average Bonchev–Trinajstić information content (AvgIpc) is 2.10. The first-order chi connectivity index (χ1) is 5.33. The van der Waals surface area contributed by atoms with Crippen LogP contribution >= 0.6 is 0 Å². The van der Waals surface area contributed by atoms with Crippen LogP contribution in [0.3, 0.4) is 0 Å². The van der Waals surface area contributed by atoms with E-state index in [2.05, 4.69) is 4.98 Å². The lowest BCUT2D eigenvalue weighted by atomic mass is 10.2. The minimum absolute atomic E-state index is 0.577. The molecule has 1 heterocycles. The molecule has 2 nitrogen and oxygen atoms in total. The maximum absolute atomic E-state index is 5.36. The van der Waals surface area contributed by atoms with Gasteiger partial charge in [-0.15, -0.1) is 0 Å². The SMILES string of the molecule is CC.Cc1ccc(CN)cn1. The molecule has 1 aromatic rings. The minimum atomic E-state index is 0.577. The Kier molecular flexibility index (Phi) is 5.39. The van der Waals surface area contributed by atoms with Crippen molar-refractivity contribution in [2.45, 2.75) is 27.3 Å². The fourth-order valence-electron chi connectivity index (χ4n) is 0.619. The summed E-state index contributed by atoms with van der Waals surface area (Å²) in [7, 11) is 0. The molecule has 0 amide bonds. The van der Waals surface area contributed by atoms with Crippen LogP contribution in [0.5, 0.6) is 0 Å². The smallest absolute Gasteiger partial charge is 0.0372 e. The molecular formula is C9H16N2. The minimum Gasteiger partial charge on any atom is -0.326 e. The third-order valence-corrected chi connectivity index (χ3v) is 1.21. The number of pyridine rings is 1. The third kappa shape index (κ3) is 3.73. The highest BCUT2D eigenvalue weighted by molar-refractivity contribution is 5.12. The molecule has 0 aromatic carbocycles. The van der Waals surface area contributed by atoms with Crippen LogP contribution in [0, 0.1) is 6.92 Å². The fourth-order valence-corrected chi connectivity index (χ4v) is 0.619.